The minimum absolute atomic E-state index is 0.118. The van der Waals surface area contributed by atoms with Gasteiger partial charge in [0.15, 0.2) is 5.11 Å². The highest BCUT2D eigenvalue weighted by Crippen LogP contribution is 2.26. The lowest BCUT2D eigenvalue weighted by atomic mass is 10.0. The number of hydrogen-bond donors (Lipinski definition) is 2. The number of hydrogen-bond acceptors (Lipinski definition) is 2. The number of thiocarbonyl (C=S) groups is 1. The number of benzene rings is 1. The predicted octanol–water partition coefficient (Wildman–Crippen LogP) is 4.41. The first-order valence-electron chi connectivity index (χ1n) is 7.35. The molecule has 0 saturated carbocycles. The molecule has 1 aromatic carbocycles. The molecule has 0 bridgehead atoms. The maximum absolute atomic E-state index is 5.43. The van der Waals surface area contributed by atoms with E-state index in [-0.39, 0.29) is 6.04 Å². The van der Waals surface area contributed by atoms with Crippen LogP contribution in [0.3, 0.4) is 0 Å². The summed E-state index contributed by atoms with van der Waals surface area (Å²) in [6.45, 7) is 5.21. The average Bonchev–Trinajstić information content (AvgIpc) is 3.00. The van der Waals surface area contributed by atoms with Crippen molar-refractivity contribution in [1.29, 1.82) is 0 Å². The first-order valence-corrected chi connectivity index (χ1v) is 8.64. The molecular formula is C17H22N2S2. The van der Waals surface area contributed by atoms with E-state index >= 15 is 0 Å². The third-order valence-electron chi connectivity index (χ3n) is 3.33. The molecule has 0 aliphatic heterocycles. The maximum atomic E-state index is 5.43. The van der Waals surface area contributed by atoms with Gasteiger partial charge in [-0.25, -0.2) is 0 Å². The van der Waals surface area contributed by atoms with Crippen LogP contribution >= 0.6 is 23.6 Å². The minimum atomic E-state index is 0.118. The summed E-state index contributed by atoms with van der Waals surface area (Å²) in [5.41, 5.74) is 2.51. The van der Waals surface area contributed by atoms with Gasteiger partial charge in [-0.1, -0.05) is 49.2 Å². The normalized spacial score (nSPS) is 11.9. The molecule has 0 amide bonds. The summed E-state index contributed by atoms with van der Waals surface area (Å²) in [4.78, 5) is 1.28. The van der Waals surface area contributed by atoms with Crippen LogP contribution in [0.15, 0.2) is 41.8 Å². The van der Waals surface area contributed by atoms with E-state index in [4.69, 9.17) is 12.2 Å². The van der Waals surface area contributed by atoms with Gasteiger partial charge >= 0.3 is 0 Å². The van der Waals surface area contributed by atoms with Crippen LogP contribution < -0.4 is 10.6 Å². The minimum Gasteiger partial charge on any atom is -0.363 e. The monoisotopic (exact) mass is 318 g/mol. The number of rotatable bonds is 6. The second-order valence-electron chi connectivity index (χ2n) is 5.11. The fourth-order valence-corrected chi connectivity index (χ4v) is 3.12. The standard InChI is InChI=1S/C17H22N2S2/c1-3-4-11-18-17(20)19-16(15-6-5-12-21-15)14-9-7-13(2)8-10-14/h5-10,12,16H,3-4,11H2,1-2H3,(H2,18,19,20)/t16-/m1/s1. The highest BCUT2D eigenvalue weighted by Gasteiger charge is 2.15. The second kappa shape index (κ2) is 8.15. The predicted molar refractivity (Wildman–Crippen MR) is 96.0 cm³/mol. The molecule has 2 N–H and O–H groups in total. The second-order valence-corrected chi connectivity index (χ2v) is 6.50. The summed E-state index contributed by atoms with van der Waals surface area (Å²) in [6.07, 6.45) is 2.30. The molecular weight excluding hydrogens is 296 g/mol. The van der Waals surface area contributed by atoms with E-state index in [1.54, 1.807) is 11.3 Å². The molecule has 21 heavy (non-hydrogen) atoms. The van der Waals surface area contributed by atoms with Crippen molar-refractivity contribution in [3.63, 3.8) is 0 Å². The summed E-state index contributed by atoms with van der Waals surface area (Å²) in [5.74, 6) is 0. The Morgan fingerprint density at radius 1 is 1.24 bits per heavy atom. The largest absolute Gasteiger partial charge is 0.363 e. The van der Waals surface area contributed by atoms with Crippen LogP contribution in [-0.2, 0) is 0 Å². The molecule has 2 aromatic rings. The molecule has 1 atom stereocenters. The summed E-state index contributed by atoms with van der Waals surface area (Å²) in [7, 11) is 0. The van der Waals surface area contributed by atoms with Gasteiger partial charge in [-0.15, -0.1) is 11.3 Å². The zero-order chi connectivity index (χ0) is 15.1. The van der Waals surface area contributed by atoms with Gasteiger partial charge in [0.05, 0.1) is 6.04 Å². The first kappa shape index (κ1) is 16.0. The Morgan fingerprint density at radius 3 is 2.62 bits per heavy atom. The third-order valence-corrected chi connectivity index (χ3v) is 4.53. The van der Waals surface area contributed by atoms with Crippen LogP contribution in [0.2, 0.25) is 0 Å². The van der Waals surface area contributed by atoms with E-state index in [9.17, 15) is 0 Å². The van der Waals surface area contributed by atoms with Crippen molar-refractivity contribution in [3.8, 4) is 0 Å². The summed E-state index contributed by atoms with van der Waals surface area (Å²) < 4.78 is 0. The van der Waals surface area contributed by atoms with Crippen molar-refractivity contribution in [1.82, 2.24) is 10.6 Å². The quantitative estimate of drug-likeness (QED) is 0.609. The van der Waals surface area contributed by atoms with Gasteiger partial charge in [0.1, 0.15) is 0 Å². The Balaban J connectivity index is 2.10. The van der Waals surface area contributed by atoms with Gasteiger partial charge in [-0.3, -0.25) is 0 Å². The van der Waals surface area contributed by atoms with Crippen LogP contribution in [0.5, 0.6) is 0 Å². The smallest absolute Gasteiger partial charge is 0.167 e. The fourth-order valence-electron chi connectivity index (χ4n) is 2.09. The fraction of sp³-hybridized carbons (Fsp3) is 0.353. The van der Waals surface area contributed by atoms with Crippen molar-refractivity contribution in [2.75, 3.05) is 6.54 Å². The summed E-state index contributed by atoms with van der Waals surface area (Å²) in [6, 6.07) is 13.0. The van der Waals surface area contributed by atoms with Gasteiger partial charge in [0, 0.05) is 11.4 Å². The highest BCUT2D eigenvalue weighted by molar-refractivity contribution is 7.80. The SMILES string of the molecule is CCCCNC(=S)N[C@H](c1ccc(C)cc1)c1cccs1. The Kier molecular flexibility index (Phi) is 6.21. The molecule has 2 rings (SSSR count). The van der Waals surface area contributed by atoms with Gasteiger partial charge in [0.25, 0.3) is 0 Å². The third kappa shape index (κ3) is 4.83. The molecule has 0 radical (unpaired) electrons. The van der Waals surface area contributed by atoms with E-state index in [1.165, 1.54) is 22.4 Å². The van der Waals surface area contributed by atoms with Crippen molar-refractivity contribution in [3.05, 3.63) is 57.8 Å². The van der Waals surface area contributed by atoms with Crippen LogP contribution in [0, 0.1) is 6.92 Å². The molecule has 1 aromatic heterocycles. The highest BCUT2D eigenvalue weighted by atomic mass is 32.1. The van der Waals surface area contributed by atoms with Crippen molar-refractivity contribution in [2.24, 2.45) is 0 Å². The Hall–Kier alpha value is -1.39. The Labute approximate surface area is 136 Å². The van der Waals surface area contributed by atoms with E-state index in [1.807, 2.05) is 0 Å². The lowest BCUT2D eigenvalue weighted by Crippen LogP contribution is -2.38. The molecule has 0 fully saturated rings. The van der Waals surface area contributed by atoms with Crippen LogP contribution in [0.25, 0.3) is 0 Å². The Bertz CT molecular complexity index is 547. The van der Waals surface area contributed by atoms with Crippen molar-refractivity contribution in [2.45, 2.75) is 32.7 Å². The average molecular weight is 319 g/mol. The summed E-state index contributed by atoms with van der Waals surface area (Å²) in [5, 5.41) is 9.55. The van der Waals surface area contributed by atoms with Crippen LogP contribution in [0.4, 0.5) is 0 Å². The molecule has 1 heterocycles. The molecule has 0 aliphatic carbocycles. The molecule has 0 unspecified atom stereocenters. The zero-order valence-corrected chi connectivity index (χ0v) is 14.2. The van der Waals surface area contributed by atoms with E-state index in [2.05, 4.69) is 66.3 Å². The summed E-state index contributed by atoms with van der Waals surface area (Å²) >= 11 is 7.18. The maximum Gasteiger partial charge on any atom is 0.167 e. The van der Waals surface area contributed by atoms with Gasteiger partial charge in [0.2, 0.25) is 0 Å². The Morgan fingerprint density at radius 2 is 2.00 bits per heavy atom. The molecule has 2 nitrogen and oxygen atoms in total. The molecule has 112 valence electrons. The van der Waals surface area contributed by atoms with E-state index in [0.29, 0.717) is 0 Å². The molecule has 0 saturated heterocycles. The molecule has 0 spiro atoms. The lowest BCUT2D eigenvalue weighted by Gasteiger charge is -2.20. The number of aryl methyl sites for hydroxylation is 1. The van der Waals surface area contributed by atoms with E-state index < -0.39 is 0 Å². The first-order chi connectivity index (χ1) is 10.2. The van der Waals surface area contributed by atoms with Gasteiger partial charge in [-0.05, 0) is 42.6 Å². The van der Waals surface area contributed by atoms with E-state index in [0.717, 1.165) is 18.1 Å². The lowest BCUT2D eigenvalue weighted by molar-refractivity contribution is 0.713. The van der Waals surface area contributed by atoms with Crippen molar-refractivity contribution >= 4 is 28.7 Å². The molecule has 4 heteroatoms. The van der Waals surface area contributed by atoms with Crippen LogP contribution in [-0.4, -0.2) is 11.7 Å². The number of unbranched alkanes of at least 4 members (excludes halogenated alkanes) is 1. The van der Waals surface area contributed by atoms with Gasteiger partial charge in [-0.2, -0.15) is 0 Å². The molecule has 0 aliphatic rings. The number of nitrogens with one attached hydrogen (secondary N) is 2. The zero-order valence-electron chi connectivity index (χ0n) is 12.6. The van der Waals surface area contributed by atoms with Gasteiger partial charge < -0.3 is 10.6 Å². The van der Waals surface area contributed by atoms with Crippen LogP contribution in [0.1, 0.15) is 41.8 Å². The topological polar surface area (TPSA) is 24.1 Å². The van der Waals surface area contributed by atoms with Crippen molar-refractivity contribution < 1.29 is 0 Å². The number of thiophene rings is 1.